The lowest BCUT2D eigenvalue weighted by molar-refractivity contribution is 0.178. The van der Waals surface area contributed by atoms with Crippen LogP contribution in [0.2, 0.25) is 0 Å². The molecular formula is C10H15NO3. The summed E-state index contributed by atoms with van der Waals surface area (Å²) in [6.45, 7) is 2.04. The van der Waals surface area contributed by atoms with Crippen LogP contribution in [-0.2, 0) is 4.74 Å². The zero-order valence-electron chi connectivity index (χ0n) is 8.32. The number of phenols is 2. The van der Waals surface area contributed by atoms with Crippen LogP contribution in [0.3, 0.4) is 0 Å². The Balaban J connectivity index is 3.07. The molecule has 1 aromatic carbocycles. The van der Waals surface area contributed by atoms with Gasteiger partial charge in [0.2, 0.25) is 0 Å². The van der Waals surface area contributed by atoms with Gasteiger partial charge in [-0.2, -0.15) is 0 Å². The topological polar surface area (TPSA) is 75.7 Å². The van der Waals surface area contributed by atoms with Gasteiger partial charge in [0, 0.05) is 7.11 Å². The Morgan fingerprint density at radius 2 is 1.86 bits per heavy atom. The minimum atomic E-state index is -0.513. The van der Waals surface area contributed by atoms with E-state index in [2.05, 4.69) is 0 Å². The molecule has 0 heterocycles. The molecule has 0 aliphatic carbocycles. The molecule has 0 saturated heterocycles. The number of phenolic OH excluding ortho intramolecular Hbond substituents is 2. The number of rotatable bonds is 3. The van der Waals surface area contributed by atoms with Crippen LogP contribution in [0.25, 0.3) is 0 Å². The predicted octanol–water partition coefficient (Wildman–Crippen LogP) is 1.05. The predicted molar refractivity (Wildman–Crippen MR) is 53.3 cm³/mol. The zero-order valence-corrected chi connectivity index (χ0v) is 8.32. The average Bonchev–Trinajstić information content (AvgIpc) is 2.01. The molecule has 4 heteroatoms. The van der Waals surface area contributed by atoms with Crippen LogP contribution >= 0.6 is 0 Å². The van der Waals surface area contributed by atoms with E-state index >= 15 is 0 Å². The molecule has 0 fully saturated rings. The van der Waals surface area contributed by atoms with Crippen molar-refractivity contribution in [3.63, 3.8) is 0 Å². The smallest absolute Gasteiger partial charge is 0.124 e. The van der Waals surface area contributed by atoms with E-state index in [0.29, 0.717) is 5.56 Å². The number of methoxy groups -OCH3 is 1. The maximum absolute atomic E-state index is 9.57. The van der Waals surface area contributed by atoms with Gasteiger partial charge in [-0.25, -0.2) is 0 Å². The number of hydrogen-bond acceptors (Lipinski definition) is 4. The number of hydrogen-bond donors (Lipinski definition) is 3. The van der Waals surface area contributed by atoms with Crippen molar-refractivity contribution < 1.29 is 14.9 Å². The van der Waals surface area contributed by atoms with Crippen molar-refractivity contribution in [3.05, 3.63) is 23.3 Å². The van der Waals surface area contributed by atoms with Crippen LogP contribution in [0, 0.1) is 6.92 Å². The van der Waals surface area contributed by atoms with Crippen LogP contribution < -0.4 is 5.73 Å². The first kappa shape index (κ1) is 10.8. The molecule has 0 aromatic heterocycles. The van der Waals surface area contributed by atoms with Crippen molar-refractivity contribution in [3.8, 4) is 11.5 Å². The highest BCUT2D eigenvalue weighted by Gasteiger charge is 2.15. The molecule has 0 radical (unpaired) electrons. The molecule has 0 spiro atoms. The molecule has 0 bridgehead atoms. The molecule has 1 unspecified atom stereocenters. The lowest BCUT2D eigenvalue weighted by Gasteiger charge is -2.14. The van der Waals surface area contributed by atoms with Crippen molar-refractivity contribution in [2.45, 2.75) is 13.0 Å². The quantitative estimate of drug-likeness (QED) is 0.677. The summed E-state index contributed by atoms with van der Waals surface area (Å²) in [6, 6.07) is 2.61. The van der Waals surface area contributed by atoms with E-state index < -0.39 is 6.04 Å². The normalized spacial score (nSPS) is 12.8. The number of aryl methyl sites for hydroxylation is 1. The summed E-state index contributed by atoms with van der Waals surface area (Å²) in [5.74, 6) is 0.0131. The Labute approximate surface area is 82.9 Å². The van der Waals surface area contributed by atoms with Crippen LogP contribution in [0.1, 0.15) is 17.2 Å². The number of benzene rings is 1. The second-order valence-electron chi connectivity index (χ2n) is 3.28. The SMILES string of the molecule is COCC(N)c1c(O)cc(C)cc1O. The van der Waals surface area contributed by atoms with Crippen molar-refractivity contribution in [1.82, 2.24) is 0 Å². The first-order chi connectivity index (χ1) is 6.56. The Bertz CT molecular complexity index is 302. The van der Waals surface area contributed by atoms with E-state index in [1.54, 1.807) is 19.1 Å². The summed E-state index contributed by atoms with van der Waals surface area (Å²) in [4.78, 5) is 0. The first-order valence-electron chi connectivity index (χ1n) is 4.33. The molecule has 1 atom stereocenters. The molecule has 0 aliphatic heterocycles. The largest absolute Gasteiger partial charge is 0.507 e. The Kier molecular flexibility index (Phi) is 3.33. The lowest BCUT2D eigenvalue weighted by atomic mass is 10.0. The van der Waals surface area contributed by atoms with Gasteiger partial charge in [-0.15, -0.1) is 0 Å². The van der Waals surface area contributed by atoms with Crippen LogP contribution in [0.4, 0.5) is 0 Å². The Morgan fingerprint density at radius 1 is 1.36 bits per heavy atom. The third-order valence-electron chi connectivity index (χ3n) is 2.00. The molecular weight excluding hydrogens is 182 g/mol. The summed E-state index contributed by atoms with van der Waals surface area (Å²) in [5, 5.41) is 19.1. The fraction of sp³-hybridized carbons (Fsp3) is 0.400. The molecule has 0 aliphatic rings. The van der Waals surface area contributed by atoms with E-state index in [4.69, 9.17) is 10.5 Å². The maximum atomic E-state index is 9.57. The van der Waals surface area contributed by atoms with Crippen molar-refractivity contribution in [1.29, 1.82) is 0 Å². The minimum absolute atomic E-state index is 0.00653. The molecule has 4 N–H and O–H groups in total. The second kappa shape index (κ2) is 4.30. The molecule has 0 saturated carbocycles. The van der Waals surface area contributed by atoms with Crippen LogP contribution in [0.5, 0.6) is 11.5 Å². The summed E-state index contributed by atoms with van der Waals surface area (Å²) in [5.41, 5.74) is 6.83. The van der Waals surface area contributed by atoms with Crippen LogP contribution in [0.15, 0.2) is 12.1 Å². The van der Waals surface area contributed by atoms with E-state index in [9.17, 15) is 10.2 Å². The van der Waals surface area contributed by atoms with Crippen molar-refractivity contribution >= 4 is 0 Å². The standard InChI is InChI=1S/C10H15NO3/c1-6-3-8(12)10(9(13)4-6)7(11)5-14-2/h3-4,7,12-13H,5,11H2,1-2H3. The summed E-state index contributed by atoms with van der Waals surface area (Å²) in [6.07, 6.45) is 0. The van der Waals surface area contributed by atoms with Gasteiger partial charge in [0.15, 0.2) is 0 Å². The molecule has 1 rings (SSSR count). The highest BCUT2D eigenvalue weighted by Crippen LogP contribution is 2.32. The fourth-order valence-electron chi connectivity index (χ4n) is 1.40. The Hall–Kier alpha value is -1.26. The molecule has 78 valence electrons. The lowest BCUT2D eigenvalue weighted by Crippen LogP contribution is -2.16. The van der Waals surface area contributed by atoms with E-state index in [1.165, 1.54) is 7.11 Å². The number of nitrogens with two attached hydrogens (primary N) is 1. The van der Waals surface area contributed by atoms with Gasteiger partial charge in [0.25, 0.3) is 0 Å². The van der Waals surface area contributed by atoms with Crippen molar-refractivity contribution in [2.75, 3.05) is 13.7 Å². The van der Waals surface area contributed by atoms with Gasteiger partial charge in [0.1, 0.15) is 11.5 Å². The fourth-order valence-corrected chi connectivity index (χ4v) is 1.40. The van der Waals surface area contributed by atoms with Gasteiger partial charge in [-0.3, -0.25) is 0 Å². The second-order valence-corrected chi connectivity index (χ2v) is 3.28. The van der Waals surface area contributed by atoms with E-state index in [-0.39, 0.29) is 18.1 Å². The van der Waals surface area contributed by atoms with Crippen LogP contribution in [-0.4, -0.2) is 23.9 Å². The number of aromatic hydroxyl groups is 2. The van der Waals surface area contributed by atoms with Gasteiger partial charge in [0.05, 0.1) is 18.2 Å². The van der Waals surface area contributed by atoms with Gasteiger partial charge < -0.3 is 20.7 Å². The van der Waals surface area contributed by atoms with Crippen molar-refractivity contribution in [2.24, 2.45) is 5.73 Å². The Morgan fingerprint density at radius 3 is 2.29 bits per heavy atom. The molecule has 1 aromatic rings. The third-order valence-corrected chi connectivity index (χ3v) is 2.00. The van der Waals surface area contributed by atoms with E-state index in [0.717, 1.165) is 5.56 Å². The third kappa shape index (κ3) is 2.16. The summed E-state index contributed by atoms with van der Waals surface area (Å²) in [7, 11) is 1.52. The number of ether oxygens (including phenoxy) is 1. The summed E-state index contributed by atoms with van der Waals surface area (Å²) < 4.78 is 4.85. The van der Waals surface area contributed by atoms with Gasteiger partial charge in [-0.05, 0) is 24.6 Å². The molecule has 0 amide bonds. The first-order valence-corrected chi connectivity index (χ1v) is 4.33. The van der Waals surface area contributed by atoms with Gasteiger partial charge >= 0.3 is 0 Å². The highest BCUT2D eigenvalue weighted by atomic mass is 16.5. The molecule has 14 heavy (non-hydrogen) atoms. The highest BCUT2D eigenvalue weighted by molar-refractivity contribution is 5.48. The zero-order chi connectivity index (χ0) is 10.7. The summed E-state index contributed by atoms with van der Waals surface area (Å²) >= 11 is 0. The minimum Gasteiger partial charge on any atom is -0.507 e. The molecule has 4 nitrogen and oxygen atoms in total. The van der Waals surface area contributed by atoms with E-state index in [1.807, 2.05) is 0 Å². The van der Waals surface area contributed by atoms with Gasteiger partial charge in [-0.1, -0.05) is 0 Å². The maximum Gasteiger partial charge on any atom is 0.124 e. The average molecular weight is 197 g/mol. The monoisotopic (exact) mass is 197 g/mol.